The Morgan fingerprint density at radius 2 is 1.58 bits per heavy atom. The van der Waals surface area contributed by atoms with Gasteiger partial charge in [0.25, 0.3) is 5.91 Å². The standard InChI is InChI=1S/C28H34N4O/c1-22-12-5-6-14-24(22)25-15-7-8-16-26(25)28(33)32-19-10-4-2-3-9-17-31-21-27(29)23-13-11-18-30-20-23/h5-8,11-16,18,20-21,31H,2-4,9-10,17,19,29H2,1H3,(H,32,33)/b27-21-. The topological polar surface area (TPSA) is 80.0 Å². The van der Waals surface area contributed by atoms with E-state index >= 15 is 0 Å². The fourth-order valence-electron chi connectivity index (χ4n) is 3.77. The number of pyridine rings is 1. The number of unbranched alkanes of at least 4 members (excludes halogenated alkanes) is 4. The van der Waals surface area contributed by atoms with Crippen molar-refractivity contribution in [1.29, 1.82) is 0 Å². The van der Waals surface area contributed by atoms with Gasteiger partial charge in [-0.15, -0.1) is 0 Å². The minimum atomic E-state index is -0.00366. The summed E-state index contributed by atoms with van der Waals surface area (Å²) in [7, 11) is 0. The third-order valence-corrected chi connectivity index (χ3v) is 5.64. The third kappa shape index (κ3) is 7.49. The second-order valence-corrected chi connectivity index (χ2v) is 8.18. The van der Waals surface area contributed by atoms with Gasteiger partial charge in [-0.25, -0.2) is 0 Å². The van der Waals surface area contributed by atoms with E-state index in [4.69, 9.17) is 5.73 Å². The number of carbonyl (C=O) groups excluding carboxylic acids is 1. The van der Waals surface area contributed by atoms with E-state index in [0.29, 0.717) is 12.2 Å². The Bertz CT molecular complexity index is 1050. The predicted octanol–water partition coefficient (Wildman–Crippen LogP) is 5.28. The molecule has 1 amide bonds. The zero-order valence-electron chi connectivity index (χ0n) is 19.4. The maximum absolute atomic E-state index is 12.8. The Morgan fingerprint density at radius 1 is 0.879 bits per heavy atom. The van der Waals surface area contributed by atoms with Gasteiger partial charge in [-0.1, -0.05) is 61.7 Å². The van der Waals surface area contributed by atoms with Gasteiger partial charge in [0.2, 0.25) is 0 Å². The van der Waals surface area contributed by atoms with E-state index in [-0.39, 0.29) is 5.91 Å². The average Bonchev–Trinajstić information content (AvgIpc) is 2.85. The van der Waals surface area contributed by atoms with E-state index in [1.165, 1.54) is 5.56 Å². The van der Waals surface area contributed by atoms with Crippen molar-refractivity contribution in [3.8, 4) is 11.1 Å². The van der Waals surface area contributed by atoms with Crippen molar-refractivity contribution >= 4 is 11.6 Å². The van der Waals surface area contributed by atoms with E-state index in [0.717, 1.165) is 60.9 Å². The summed E-state index contributed by atoms with van der Waals surface area (Å²) in [5.74, 6) is -0.00366. The van der Waals surface area contributed by atoms with Crippen LogP contribution in [0.1, 0.15) is 53.6 Å². The minimum absolute atomic E-state index is 0.00366. The molecular formula is C28H34N4O. The number of benzene rings is 2. The van der Waals surface area contributed by atoms with Crippen LogP contribution in [-0.2, 0) is 0 Å². The number of aryl methyl sites for hydroxylation is 1. The predicted molar refractivity (Wildman–Crippen MR) is 136 cm³/mol. The number of hydrogen-bond acceptors (Lipinski definition) is 4. The number of carbonyl (C=O) groups is 1. The lowest BCUT2D eigenvalue weighted by atomic mass is 9.95. The molecule has 3 aromatic rings. The van der Waals surface area contributed by atoms with Gasteiger partial charge in [0.15, 0.2) is 0 Å². The summed E-state index contributed by atoms with van der Waals surface area (Å²) < 4.78 is 0. The van der Waals surface area contributed by atoms with Gasteiger partial charge in [-0.05, 0) is 54.7 Å². The van der Waals surface area contributed by atoms with Crippen LogP contribution in [0.2, 0.25) is 0 Å². The van der Waals surface area contributed by atoms with E-state index in [1.54, 1.807) is 12.4 Å². The van der Waals surface area contributed by atoms with Crippen LogP contribution in [0.5, 0.6) is 0 Å². The fourth-order valence-corrected chi connectivity index (χ4v) is 3.77. The Hall–Kier alpha value is -3.60. The van der Waals surface area contributed by atoms with Crippen LogP contribution >= 0.6 is 0 Å². The number of aromatic nitrogens is 1. The van der Waals surface area contributed by atoms with Gasteiger partial charge in [-0.2, -0.15) is 0 Å². The lowest BCUT2D eigenvalue weighted by molar-refractivity contribution is 0.0953. The molecule has 0 atom stereocenters. The second kappa shape index (κ2) is 13.1. The summed E-state index contributed by atoms with van der Waals surface area (Å²) in [6, 6.07) is 19.8. The van der Waals surface area contributed by atoms with E-state index in [2.05, 4.69) is 34.7 Å². The minimum Gasteiger partial charge on any atom is -0.397 e. The van der Waals surface area contributed by atoms with E-state index in [9.17, 15) is 4.79 Å². The van der Waals surface area contributed by atoms with Gasteiger partial charge in [0, 0.05) is 42.8 Å². The van der Waals surface area contributed by atoms with E-state index in [1.807, 2.05) is 54.7 Å². The van der Waals surface area contributed by atoms with Gasteiger partial charge < -0.3 is 16.4 Å². The number of nitrogens with zero attached hydrogens (tertiary/aromatic N) is 1. The van der Waals surface area contributed by atoms with Crippen LogP contribution in [-0.4, -0.2) is 24.0 Å². The number of nitrogens with one attached hydrogen (secondary N) is 2. The van der Waals surface area contributed by atoms with E-state index < -0.39 is 0 Å². The van der Waals surface area contributed by atoms with Crippen molar-refractivity contribution < 1.29 is 4.79 Å². The quantitative estimate of drug-likeness (QED) is 0.333. The molecule has 4 N–H and O–H groups in total. The van der Waals surface area contributed by atoms with Gasteiger partial charge in [-0.3, -0.25) is 9.78 Å². The molecule has 0 saturated carbocycles. The molecule has 0 bridgehead atoms. The summed E-state index contributed by atoms with van der Waals surface area (Å²) in [6.07, 6.45) is 10.8. The summed E-state index contributed by atoms with van der Waals surface area (Å²) in [5, 5.41) is 6.36. The Balaban J connectivity index is 1.31. The summed E-state index contributed by atoms with van der Waals surface area (Å²) in [4.78, 5) is 16.8. The van der Waals surface area contributed by atoms with Crippen molar-refractivity contribution in [3.05, 3.63) is 95.9 Å². The van der Waals surface area contributed by atoms with Crippen LogP contribution in [0.15, 0.2) is 79.3 Å². The van der Waals surface area contributed by atoms with Crippen molar-refractivity contribution in [3.63, 3.8) is 0 Å². The van der Waals surface area contributed by atoms with Crippen LogP contribution in [0, 0.1) is 6.92 Å². The molecule has 0 aliphatic heterocycles. The summed E-state index contributed by atoms with van der Waals surface area (Å²) in [6.45, 7) is 3.67. The van der Waals surface area contributed by atoms with Crippen molar-refractivity contribution in [2.45, 2.75) is 39.0 Å². The van der Waals surface area contributed by atoms with Crippen LogP contribution in [0.3, 0.4) is 0 Å². The summed E-state index contributed by atoms with van der Waals surface area (Å²) >= 11 is 0. The molecule has 5 nitrogen and oxygen atoms in total. The molecule has 2 aromatic carbocycles. The maximum atomic E-state index is 12.8. The molecule has 5 heteroatoms. The smallest absolute Gasteiger partial charge is 0.251 e. The zero-order chi connectivity index (χ0) is 23.3. The first-order chi connectivity index (χ1) is 16.2. The number of nitrogens with two attached hydrogens (primary N) is 1. The Morgan fingerprint density at radius 3 is 2.33 bits per heavy atom. The third-order valence-electron chi connectivity index (χ3n) is 5.64. The molecule has 3 rings (SSSR count). The Kier molecular flexibility index (Phi) is 9.52. The molecule has 0 fully saturated rings. The first-order valence-electron chi connectivity index (χ1n) is 11.7. The fraction of sp³-hybridized carbons (Fsp3) is 0.286. The number of hydrogen-bond donors (Lipinski definition) is 3. The molecule has 172 valence electrons. The molecule has 1 heterocycles. The lowest BCUT2D eigenvalue weighted by Gasteiger charge is -2.12. The van der Waals surface area contributed by atoms with Gasteiger partial charge in [0.05, 0.1) is 5.70 Å². The van der Waals surface area contributed by atoms with Crippen LogP contribution < -0.4 is 16.4 Å². The molecule has 0 unspecified atom stereocenters. The SMILES string of the molecule is Cc1ccccc1-c1ccccc1C(=O)NCCCCCCCN/C=C(\N)c1cccnc1. The Labute approximate surface area is 197 Å². The largest absolute Gasteiger partial charge is 0.397 e. The first-order valence-corrected chi connectivity index (χ1v) is 11.7. The highest BCUT2D eigenvalue weighted by molar-refractivity contribution is 6.01. The van der Waals surface area contributed by atoms with Gasteiger partial charge in [0.1, 0.15) is 0 Å². The van der Waals surface area contributed by atoms with Crippen LogP contribution in [0.4, 0.5) is 0 Å². The second-order valence-electron chi connectivity index (χ2n) is 8.18. The molecule has 33 heavy (non-hydrogen) atoms. The molecule has 1 aromatic heterocycles. The maximum Gasteiger partial charge on any atom is 0.251 e. The van der Waals surface area contributed by atoms with Crippen molar-refractivity contribution in [2.75, 3.05) is 13.1 Å². The monoisotopic (exact) mass is 442 g/mol. The average molecular weight is 443 g/mol. The molecule has 0 aliphatic rings. The van der Waals surface area contributed by atoms with Crippen molar-refractivity contribution in [2.24, 2.45) is 5.73 Å². The number of amides is 1. The molecule has 0 aliphatic carbocycles. The lowest BCUT2D eigenvalue weighted by Crippen LogP contribution is -2.25. The molecule has 0 radical (unpaired) electrons. The highest BCUT2D eigenvalue weighted by atomic mass is 16.1. The highest BCUT2D eigenvalue weighted by Crippen LogP contribution is 2.26. The van der Waals surface area contributed by atoms with Gasteiger partial charge >= 0.3 is 0 Å². The highest BCUT2D eigenvalue weighted by Gasteiger charge is 2.13. The first kappa shape index (κ1) is 24.1. The normalized spacial score (nSPS) is 11.2. The van der Waals surface area contributed by atoms with Crippen LogP contribution in [0.25, 0.3) is 16.8 Å². The molecule has 0 spiro atoms. The molecular weight excluding hydrogens is 408 g/mol. The van der Waals surface area contributed by atoms with Crippen molar-refractivity contribution in [1.82, 2.24) is 15.6 Å². The zero-order valence-corrected chi connectivity index (χ0v) is 19.4. The molecule has 0 saturated heterocycles. The number of rotatable bonds is 12. The summed E-state index contributed by atoms with van der Waals surface area (Å²) in [5.41, 5.74) is 11.6.